The third-order valence-corrected chi connectivity index (χ3v) is 3.54. The number of nitrogens with zero attached hydrogens (tertiary/aromatic N) is 6. The summed E-state index contributed by atoms with van der Waals surface area (Å²) in [6.07, 6.45) is 1.77. The highest BCUT2D eigenvalue weighted by atomic mass is 16.5. The first-order chi connectivity index (χ1) is 12.2. The van der Waals surface area contributed by atoms with Gasteiger partial charge in [-0.25, -0.2) is 0 Å². The molecule has 0 aliphatic rings. The number of aromatic amines is 1. The van der Waals surface area contributed by atoms with Gasteiger partial charge in [-0.3, -0.25) is 0 Å². The number of nitrogens with one attached hydrogen (secondary N) is 1. The van der Waals surface area contributed by atoms with Crippen LogP contribution in [-0.4, -0.2) is 37.1 Å². The lowest BCUT2D eigenvalue weighted by Crippen LogP contribution is -2.15. The van der Waals surface area contributed by atoms with Gasteiger partial charge in [-0.1, -0.05) is 23.4 Å². The van der Waals surface area contributed by atoms with Crippen molar-refractivity contribution in [3.05, 3.63) is 48.7 Å². The molecule has 4 aromatic rings. The molecule has 9 heteroatoms. The SMILES string of the molecule is CN(c1ccccc1)c1nc(N)nc(-c2noc(-c3ccc[nH]3)n2)n1. The molecule has 0 aliphatic carbocycles. The van der Waals surface area contributed by atoms with Crippen LogP contribution >= 0.6 is 0 Å². The van der Waals surface area contributed by atoms with E-state index in [1.54, 1.807) is 11.1 Å². The molecular formula is C16H14N8O. The molecule has 0 atom stereocenters. The maximum absolute atomic E-state index is 5.83. The minimum absolute atomic E-state index is 0.0778. The van der Waals surface area contributed by atoms with Crippen molar-refractivity contribution in [2.45, 2.75) is 0 Å². The molecule has 3 aromatic heterocycles. The minimum atomic E-state index is 0.0778. The molecule has 3 N–H and O–H groups in total. The molecule has 0 spiro atoms. The maximum atomic E-state index is 5.83. The molecule has 1 aromatic carbocycles. The fraction of sp³-hybridized carbons (Fsp3) is 0.0625. The summed E-state index contributed by atoms with van der Waals surface area (Å²) in [4.78, 5) is 21.8. The van der Waals surface area contributed by atoms with E-state index in [4.69, 9.17) is 10.3 Å². The summed E-state index contributed by atoms with van der Waals surface area (Å²) in [7, 11) is 1.84. The number of nitrogen functional groups attached to an aromatic ring is 1. The van der Waals surface area contributed by atoms with Gasteiger partial charge in [-0.2, -0.15) is 19.9 Å². The number of H-pyrrole nitrogens is 1. The van der Waals surface area contributed by atoms with Gasteiger partial charge < -0.3 is 20.1 Å². The Morgan fingerprint density at radius 1 is 0.960 bits per heavy atom. The van der Waals surface area contributed by atoms with Crippen LogP contribution in [0.2, 0.25) is 0 Å². The van der Waals surface area contributed by atoms with Crippen molar-refractivity contribution in [3.63, 3.8) is 0 Å². The summed E-state index contributed by atoms with van der Waals surface area (Å²) >= 11 is 0. The van der Waals surface area contributed by atoms with Crippen LogP contribution in [0.1, 0.15) is 0 Å². The van der Waals surface area contributed by atoms with Gasteiger partial charge in [0.1, 0.15) is 5.69 Å². The Morgan fingerprint density at radius 3 is 2.56 bits per heavy atom. The number of nitrogens with two attached hydrogens (primary N) is 1. The lowest BCUT2D eigenvalue weighted by molar-refractivity contribution is 0.430. The molecule has 124 valence electrons. The third kappa shape index (κ3) is 2.90. The second kappa shape index (κ2) is 6.04. The molecule has 9 nitrogen and oxygen atoms in total. The monoisotopic (exact) mass is 334 g/mol. The largest absolute Gasteiger partial charge is 0.368 e. The summed E-state index contributed by atoms with van der Waals surface area (Å²) < 4.78 is 5.24. The molecule has 0 saturated carbocycles. The first-order valence-electron chi connectivity index (χ1n) is 7.49. The number of aromatic nitrogens is 6. The Hall–Kier alpha value is -3.75. The van der Waals surface area contributed by atoms with Crippen LogP contribution in [0.3, 0.4) is 0 Å². The first-order valence-corrected chi connectivity index (χ1v) is 7.49. The number of rotatable bonds is 4. The summed E-state index contributed by atoms with van der Waals surface area (Å²) in [5.41, 5.74) is 7.46. The molecular weight excluding hydrogens is 320 g/mol. The van der Waals surface area contributed by atoms with E-state index in [1.165, 1.54) is 0 Å². The van der Waals surface area contributed by atoms with E-state index in [-0.39, 0.29) is 17.6 Å². The van der Waals surface area contributed by atoms with Crippen molar-refractivity contribution >= 4 is 17.6 Å². The molecule has 0 amide bonds. The highest BCUT2D eigenvalue weighted by Gasteiger charge is 2.17. The minimum Gasteiger partial charge on any atom is -0.368 e. The van der Waals surface area contributed by atoms with Crippen LogP contribution in [0.5, 0.6) is 0 Å². The average molecular weight is 334 g/mol. The van der Waals surface area contributed by atoms with E-state index in [9.17, 15) is 0 Å². The summed E-state index contributed by atoms with van der Waals surface area (Å²) in [6, 6.07) is 13.3. The Bertz CT molecular complexity index is 981. The van der Waals surface area contributed by atoms with Gasteiger partial charge >= 0.3 is 0 Å². The van der Waals surface area contributed by atoms with Crippen LogP contribution < -0.4 is 10.6 Å². The summed E-state index contributed by atoms with van der Waals surface area (Å²) in [5, 5.41) is 3.92. The average Bonchev–Trinajstić information content (AvgIpc) is 3.32. The Balaban J connectivity index is 1.71. The van der Waals surface area contributed by atoms with Crippen molar-refractivity contribution < 1.29 is 4.52 Å². The lowest BCUT2D eigenvalue weighted by Gasteiger charge is -2.17. The Kier molecular flexibility index (Phi) is 3.58. The van der Waals surface area contributed by atoms with Gasteiger partial charge in [0.2, 0.25) is 23.5 Å². The van der Waals surface area contributed by atoms with E-state index in [0.29, 0.717) is 17.5 Å². The van der Waals surface area contributed by atoms with Crippen molar-refractivity contribution in [1.29, 1.82) is 0 Å². The van der Waals surface area contributed by atoms with E-state index < -0.39 is 0 Å². The Morgan fingerprint density at radius 2 is 1.80 bits per heavy atom. The van der Waals surface area contributed by atoms with Crippen LogP contribution in [0.4, 0.5) is 17.6 Å². The number of para-hydroxylation sites is 1. The number of hydrogen-bond acceptors (Lipinski definition) is 8. The van der Waals surface area contributed by atoms with Crippen LogP contribution in [0.25, 0.3) is 23.2 Å². The predicted molar refractivity (Wildman–Crippen MR) is 91.8 cm³/mol. The van der Waals surface area contributed by atoms with Crippen LogP contribution in [-0.2, 0) is 0 Å². The van der Waals surface area contributed by atoms with Gasteiger partial charge in [-0.15, -0.1) is 0 Å². The molecule has 25 heavy (non-hydrogen) atoms. The van der Waals surface area contributed by atoms with Gasteiger partial charge in [0.15, 0.2) is 0 Å². The Labute approximate surface area is 142 Å². The zero-order valence-electron chi connectivity index (χ0n) is 13.3. The molecule has 3 heterocycles. The van der Waals surface area contributed by atoms with Gasteiger partial charge in [0.25, 0.3) is 5.89 Å². The fourth-order valence-corrected chi connectivity index (χ4v) is 2.28. The molecule has 0 aliphatic heterocycles. The predicted octanol–water partition coefficient (Wildman–Crippen LogP) is 2.27. The lowest BCUT2D eigenvalue weighted by atomic mass is 10.3. The fourth-order valence-electron chi connectivity index (χ4n) is 2.28. The number of anilines is 3. The van der Waals surface area contributed by atoms with E-state index in [0.717, 1.165) is 5.69 Å². The third-order valence-electron chi connectivity index (χ3n) is 3.54. The number of benzene rings is 1. The standard InChI is InChI=1S/C16H14N8O/c1-24(10-6-3-2-4-7-10)16-21-12(20-15(17)22-16)13-19-14(25-23-13)11-8-5-9-18-11/h2-9,18H,1H3,(H2,17,20,21,22). The van der Waals surface area contributed by atoms with Crippen LogP contribution in [0, 0.1) is 0 Å². The topological polar surface area (TPSA) is 123 Å². The molecule has 0 unspecified atom stereocenters. The molecule has 0 bridgehead atoms. The van der Waals surface area contributed by atoms with Crippen molar-refractivity contribution in [3.8, 4) is 23.2 Å². The quantitative estimate of drug-likeness (QED) is 0.582. The van der Waals surface area contributed by atoms with E-state index in [2.05, 4.69) is 30.1 Å². The highest BCUT2D eigenvalue weighted by Crippen LogP contribution is 2.23. The molecule has 4 rings (SSSR count). The number of hydrogen-bond donors (Lipinski definition) is 2. The van der Waals surface area contributed by atoms with Gasteiger partial charge in [-0.05, 0) is 24.3 Å². The molecule has 0 radical (unpaired) electrons. The van der Waals surface area contributed by atoms with Gasteiger partial charge in [0.05, 0.1) is 0 Å². The summed E-state index contributed by atoms with van der Waals surface area (Å²) in [6.45, 7) is 0. The zero-order chi connectivity index (χ0) is 17.2. The van der Waals surface area contributed by atoms with Crippen molar-refractivity contribution in [1.82, 2.24) is 30.1 Å². The first kappa shape index (κ1) is 14.8. The molecule has 0 saturated heterocycles. The smallest absolute Gasteiger partial charge is 0.274 e. The second-order valence-corrected chi connectivity index (χ2v) is 5.22. The zero-order valence-corrected chi connectivity index (χ0v) is 13.3. The maximum Gasteiger partial charge on any atom is 0.274 e. The van der Waals surface area contributed by atoms with Crippen LogP contribution in [0.15, 0.2) is 53.2 Å². The van der Waals surface area contributed by atoms with Crippen molar-refractivity contribution in [2.24, 2.45) is 0 Å². The van der Waals surface area contributed by atoms with E-state index in [1.807, 2.05) is 49.5 Å². The van der Waals surface area contributed by atoms with Gasteiger partial charge in [0, 0.05) is 18.9 Å². The second-order valence-electron chi connectivity index (χ2n) is 5.22. The molecule has 0 fully saturated rings. The summed E-state index contributed by atoms with van der Waals surface area (Å²) in [5.74, 6) is 1.29. The highest BCUT2D eigenvalue weighted by molar-refractivity contribution is 5.59. The normalized spacial score (nSPS) is 10.8. The van der Waals surface area contributed by atoms with E-state index >= 15 is 0 Å². The van der Waals surface area contributed by atoms with Crippen molar-refractivity contribution in [2.75, 3.05) is 17.7 Å².